The zero-order valence-corrected chi connectivity index (χ0v) is 11.4. The fourth-order valence-corrected chi connectivity index (χ4v) is 2.51. The molecular formula is C14H17BrO2. The lowest BCUT2D eigenvalue weighted by Crippen LogP contribution is -2.10. The van der Waals surface area contributed by atoms with Gasteiger partial charge in [0.1, 0.15) is 5.75 Å². The number of ether oxygens (including phenoxy) is 1. The zero-order chi connectivity index (χ0) is 11.9. The van der Waals surface area contributed by atoms with Crippen LogP contribution in [0.4, 0.5) is 0 Å². The molecule has 0 radical (unpaired) electrons. The molecule has 0 atom stereocenters. The van der Waals surface area contributed by atoms with E-state index < -0.39 is 5.60 Å². The Morgan fingerprint density at radius 1 is 1.35 bits per heavy atom. The van der Waals surface area contributed by atoms with Crippen LogP contribution in [0.3, 0.4) is 0 Å². The van der Waals surface area contributed by atoms with Gasteiger partial charge in [0.2, 0.25) is 0 Å². The Kier molecular flexibility index (Phi) is 2.91. The van der Waals surface area contributed by atoms with Crippen molar-refractivity contribution in [3.05, 3.63) is 28.2 Å². The van der Waals surface area contributed by atoms with Gasteiger partial charge in [-0.3, -0.25) is 0 Å². The van der Waals surface area contributed by atoms with Crippen LogP contribution >= 0.6 is 15.9 Å². The van der Waals surface area contributed by atoms with E-state index in [1.54, 1.807) is 0 Å². The smallest absolute Gasteiger partial charge is 0.133 e. The molecule has 0 saturated heterocycles. The molecule has 0 aromatic heterocycles. The van der Waals surface area contributed by atoms with Gasteiger partial charge >= 0.3 is 0 Å². The summed E-state index contributed by atoms with van der Waals surface area (Å²) in [4.78, 5) is 0. The average Bonchev–Trinajstić information content (AvgIpc) is 3.16. The van der Waals surface area contributed by atoms with Gasteiger partial charge in [-0.25, -0.2) is 0 Å². The predicted molar refractivity (Wildman–Crippen MR) is 70.2 cm³/mol. The summed E-state index contributed by atoms with van der Waals surface area (Å²) in [5, 5.41) is 9.88. The first-order chi connectivity index (χ1) is 8.15. The average molecular weight is 297 g/mol. The van der Waals surface area contributed by atoms with Crippen LogP contribution in [0.1, 0.15) is 31.2 Å². The zero-order valence-electron chi connectivity index (χ0n) is 9.79. The lowest BCUT2D eigenvalue weighted by atomic mass is 10.1. The van der Waals surface area contributed by atoms with E-state index in [9.17, 15) is 5.11 Å². The van der Waals surface area contributed by atoms with Crippen LogP contribution < -0.4 is 4.74 Å². The first kappa shape index (κ1) is 11.5. The fraction of sp³-hybridized carbons (Fsp3) is 0.571. The summed E-state index contributed by atoms with van der Waals surface area (Å²) in [6.07, 6.45) is 5.25. The Balaban J connectivity index is 1.64. The van der Waals surface area contributed by atoms with Crippen molar-refractivity contribution < 1.29 is 9.84 Å². The highest BCUT2D eigenvalue weighted by molar-refractivity contribution is 9.10. The molecule has 1 N–H and O–H groups in total. The lowest BCUT2D eigenvalue weighted by Gasteiger charge is -2.11. The van der Waals surface area contributed by atoms with E-state index in [0.717, 1.165) is 42.0 Å². The second kappa shape index (κ2) is 4.29. The van der Waals surface area contributed by atoms with Gasteiger partial charge in [-0.1, -0.05) is 6.07 Å². The Morgan fingerprint density at radius 2 is 2.12 bits per heavy atom. The van der Waals surface area contributed by atoms with Gasteiger partial charge in [0.15, 0.2) is 0 Å². The summed E-state index contributed by atoms with van der Waals surface area (Å²) < 4.78 is 6.75. The highest BCUT2D eigenvalue weighted by Gasteiger charge is 2.40. The van der Waals surface area contributed by atoms with Gasteiger partial charge in [0.25, 0.3) is 0 Å². The Bertz CT molecular complexity index is 422. The van der Waals surface area contributed by atoms with Gasteiger partial charge in [-0.2, -0.15) is 0 Å². The largest absolute Gasteiger partial charge is 0.492 e. The van der Waals surface area contributed by atoms with Crippen molar-refractivity contribution in [2.45, 2.75) is 37.7 Å². The molecule has 3 heteroatoms. The maximum absolute atomic E-state index is 9.88. The first-order valence-corrected chi connectivity index (χ1v) is 7.08. The Hall–Kier alpha value is -0.540. The van der Waals surface area contributed by atoms with Crippen LogP contribution in [-0.2, 0) is 6.42 Å². The third kappa shape index (κ3) is 3.02. The number of hydrogen-bond donors (Lipinski definition) is 1. The van der Waals surface area contributed by atoms with Crippen molar-refractivity contribution >= 4 is 15.9 Å². The summed E-state index contributed by atoms with van der Waals surface area (Å²) in [5.74, 6) is 1.69. The van der Waals surface area contributed by atoms with E-state index in [0.29, 0.717) is 0 Å². The normalized spacial score (nSPS) is 21.3. The highest BCUT2D eigenvalue weighted by Crippen LogP contribution is 2.39. The molecule has 1 aromatic carbocycles. The monoisotopic (exact) mass is 296 g/mol. The molecule has 2 nitrogen and oxygen atoms in total. The van der Waals surface area contributed by atoms with Gasteiger partial charge in [-0.05, 0) is 65.2 Å². The molecule has 2 fully saturated rings. The third-order valence-corrected chi connectivity index (χ3v) is 4.15. The van der Waals surface area contributed by atoms with Gasteiger partial charge in [0.05, 0.1) is 16.7 Å². The summed E-state index contributed by atoms with van der Waals surface area (Å²) in [5.41, 5.74) is 0.756. The maximum atomic E-state index is 9.88. The van der Waals surface area contributed by atoms with E-state index in [1.165, 1.54) is 18.4 Å². The van der Waals surface area contributed by atoms with E-state index in [1.807, 2.05) is 6.07 Å². The molecule has 2 saturated carbocycles. The van der Waals surface area contributed by atoms with Crippen molar-refractivity contribution in [1.29, 1.82) is 0 Å². The molecule has 17 heavy (non-hydrogen) atoms. The second-order valence-corrected chi connectivity index (χ2v) is 6.27. The summed E-state index contributed by atoms with van der Waals surface area (Å²) in [6, 6.07) is 6.13. The van der Waals surface area contributed by atoms with Gasteiger partial charge in [-0.15, -0.1) is 0 Å². The molecule has 0 spiro atoms. The number of halogens is 1. The second-order valence-electron chi connectivity index (χ2n) is 5.42. The van der Waals surface area contributed by atoms with Crippen LogP contribution in [-0.4, -0.2) is 17.3 Å². The molecule has 0 unspecified atom stereocenters. The van der Waals surface area contributed by atoms with Crippen LogP contribution in [0.25, 0.3) is 0 Å². The van der Waals surface area contributed by atoms with E-state index >= 15 is 0 Å². The Morgan fingerprint density at radius 3 is 2.71 bits per heavy atom. The predicted octanol–water partition coefficient (Wildman–Crippen LogP) is 3.31. The van der Waals surface area contributed by atoms with Crippen molar-refractivity contribution in [2.75, 3.05) is 6.61 Å². The maximum Gasteiger partial charge on any atom is 0.133 e. The quantitative estimate of drug-likeness (QED) is 0.903. The molecule has 0 heterocycles. The summed E-state index contributed by atoms with van der Waals surface area (Å²) in [7, 11) is 0. The van der Waals surface area contributed by atoms with Crippen LogP contribution in [0.2, 0.25) is 0 Å². The summed E-state index contributed by atoms with van der Waals surface area (Å²) in [6.45, 7) is 0.835. The number of rotatable bonds is 5. The molecule has 2 aliphatic rings. The van der Waals surface area contributed by atoms with Crippen molar-refractivity contribution in [3.63, 3.8) is 0 Å². The summed E-state index contributed by atoms with van der Waals surface area (Å²) >= 11 is 3.54. The van der Waals surface area contributed by atoms with Crippen LogP contribution in [0, 0.1) is 5.92 Å². The molecule has 92 valence electrons. The molecular weight excluding hydrogens is 280 g/mol. The molecule has 3 rings (SSSR count). The fourth-order valence-electron chi connectivity index (χ4n) is 1.96. The Labute approximate surface area is 110 Å². The lowest BCUT2D eigenvalue weighted by molar-refractivity contribution is 0.151. The van der Waals surface area contributed by atoms with Gasteiger partial charge < -0.3 is 9.84 Å². The highest BCUT2D eigenvalue weighted by atomic mass is 79.9. The SMILES string of the molecule is OC1(Cc2ccc(OCC3CC3)c(Br)c2)CC1. The number of hydrogen-bond acceptors (Lipinski definition) is 2. The number of aliphatic hydroxyl groups is 1. The molecule has 1 aromatic rings. The minimum atomic E-state index is -0.421. The van der Waals surface area contributed by atoms with E-state index in [2.05, 4.69) is 28.1 Å². The van der Waals surface area contributed by atoms with Crippen molar-refractivity contribution in [3.8, 4) is 5.75 Å². The topological polar surface area (TPSA) is 29.5 Å². The molecule has 2 aliphatic carbocycles. The molecule has 0 aliphatic heterocycles. The minimum Gasteiger partial charge on any atom is -0.492 e. The number of benzene rings is 1. The van der Waals surface area contributed by atoms with Crippen molar-refractivity contribution in [1.82, 2.24) is 0 Å². The minimum absolute atomic E-state index is 0.421. The molecule has 0 bridgehead atoms. The van der Waals surface area contributed by atoms with E-state index in [4.69, 9.17) is 4.74 Å². The standard InChI is InChI=1S/C14H17BrO2/c15-12-7-11(8-14(16)5-6-14)3-4-13(12)17-9-10-1-2-10/h3-4,7,10,16H,1-2,5-6,8-9H2. The van der Waals surface area contributed by atoms with Crippen LogP contribution in [0.15, 0.2) is 22.7 Å². The van der Waals surface area contributed by atoms with Crippen LogP contribution in [0.5, 0.6) is 5.75 Å². The third-order valence-electron chi connectivity index (χ3n) is 3.53. The van der Waals surface area contributed by atoms with Gasteiger partial charge in [0, 0.05) is 6.42 Å². The first-order valence-electron chi connectivity index (χ1n) is 6.28. The van der Waals surface area contributed by atoms with Crippen molar-refractivity contribution in [2.24, 2.45) is 5.92 Å². The van der Waals surface area contributed by atoms with E-state index in [-0.39, 0.29) is 0 Å². The molecule has 0 amide bonds.